The minimum absolute atomic E-state index is 0.664. The summed E-state index contributed by atoms with van der Waals surface area (Å²) in [5.74, 6) is 0.733. The van der Waals surface area contributed by atoms with E-state index >= 15 is 0 Å². The molecule has 18 heavy (non-hydrogen) atoms. The highest BCUT2D eigenvalue weighted by molar-refractivity contribution is 9.10. The molecule has 0 aromatic heterocycles. The van der Waals surface area contributed by atoms with E-state index in [1.807, 2.05) is 30.3 Å². The molecule has 0 heterocycles. The summed E-state index contributed by atoms with van der Waals surface area (Å²) < 4.78 is 6.53. The van der Waals surface area contributed by atoms with Crippen LogP contribution in [0.3, 0.4) is 0 Å². The van der Waals surface area contributed by atoms with Crippen LogP contribution in [0.15, 0.2) is 46.9 Å². The van der Waals surface area contributed by atoms with Crippen molar-refractivity contribution in [3.63, 3.8) is 0 Å². The van der Waals surface area contributed by atoms with Crippen LogP contribution in [0.25, 0.3) is 11.1 Å². The van der Waals surface area contributed by atoms with Gasteiger partial charge in [0.2, 0.25) is 0 Å². The van der Waals surface area contributed by atoms with Crippen LogP contribution < -0.4 is 10.5 Å². The molecule has 0 saturated heterocycles. The van der Waals surface area contributed by atoms with Crippen LogP contribution >= 0.6 is 15.9 Å². The van der Waals surface area contributed by atoms with Gasteiger partial charge in [-0.25, -0.2) is 0 Å². The normalized spacial score (nSPS) is 10.3. The van der Waals surface area contributed by atoms with Gasteiger partial charge in [0.25, 0.3) is 0 Å². The summed E-state index contributed by atoms with van der Waals surface area (Å²) in [6.45, 7) is 2.75. The SMILES string of the molecule is CCCOc1c(N)cc(-c2ccccc2)cc1Br. The molecule has 0 aliphatic carbocycles. The number of ether oxygens (including phenoxy) is 1. The van der Waals surface area contributed by atoms with Crippen LogP contribution in [0.1, 0.15) is 13.3 Å². The van der Waals surface area contributed by atoms with Crippen LogP contribution in [-0.4, -0.2) is 6.61 Å². The number of benzene rings is 2. The molecule has 0 fully saturated rings. The van der Waals surface area contributed by atoms with Gasteiger partial charge in [0.15, 0.2) is 5.75 Å². The fourth-order valence-corrected chi connectivity index (χ4v) is 2.36. The molecule has 0 atom stereocenters. The predicted octanol–water partition coefficient (Wildman–Crippen LogP) is 4.49. The van der Waals surface area contributed by atoms with Gasteiger partial charge in [0, 0.05) is 0 Å². The number of nitrogen functional groups attached to an aromatic ring is 1. The second-order valence-electron chi connectivity index (χ2n) is 4.09. The lowest BCUT2D eigenvalue weighted by atomic mass is 10.1. The number of halogens is 1. The summed E-state index contributed by atoms with van der Waals surface area (Å²) >= 11 is 3.52. The zero-order valence-electron chi connectivity index (χ0n) is 10.3. The monoisotopic (exact) mass is 305 g/mol. The summed E-state index contributed by atoms with van der Waals surface area (Å²) in [6, 6.07) is 14.1. The summed E-state index contributed by atoms with van der Waals surface area (Å²) in [7, 11) is 0. The molecule has 0 unspecified atom stereocenters. The molecule has 2 N–H and O–H groups in total. The third-order valence-corrected chi connectivity index (χ3v) is 3.22. The number of hydrogen-bond acceptors (Lipinski definition) is 2. The van der Waals surface area contributed by atoms with Gasteiger partial charge >= 0.3 is 0 Å². The third kappa shape index (κ3) is 2.85. The van der Waals surface area contributed by atoms with E-state index in [0.29, 0.717) is 12.3 Å². The summed E-state index contributed by atoms with van der Waals surface area (Å²) in [4.78, 5) is 0. The van der Waals surface area contributed by atoms with Crippen LogP contribution in [0.4, 0.5) is 5.69 Å². The second kappa shape index (κ2) is 5.91. The van der Waals surface area contributed by atoms with Gasteiger partial charge in [0.1, 0.15) is 0 Å². The quantitative estimate of drug-likeness (QED) is 0.845. The Morgan fingerprint density at radius 1 is 1.11 bits per heavy atom. The Hall–Kier alpha value is -1.48. The molecule has 0 aliphatic heterocycles. The van der Waals surface area contributed by atoms with Crippen LogP contribution in [0.5, 0.6) is 5.75 Å². The fourth-order valence-electron chi connectivity index (χ4n) is 1.77. The van der Waals surface area contributed by atoms with Crippen LogP contribution in [-0.2, 0) is 0 Å². The van der Waals surface area contributed by atoms with Gasteiger partial charge in [-0.1, -0.05) is 37.3 Å². The lowest BCUT2D eigenvalue weighted by Gasteiger charge is -2.12. The van der Waals surface area contributed by atoms with E-state index in [-0.39, 0.29) is 0 Å². The molecule has 0 spiro atoms. The molecule has 0 saturated carbocycles. The van der Waals surface area contributed by atoms with Crippen LogP contribution in [0.2, 0.25) is 0 Å². The maximum absolute atomic E-state index is 6.05. The summed E-state index contributed by atoms with van der Waals surface area (Å²) in [6.07, 6.45) is 0.965. The molecular formula is C15H16BrNO. The Labute approximate surface area is 116 Å². The van der Waals surface area contributed by atoms with Crippen molar-refractivity contribution in [3.05, 3.63) is 46.9 Å². The molecule has 0 amide bonds. The van der Waals surface area contributed by atoms with E-state index in [4.69, 9.17) is 10.5 Å². The first kappa shape index (κ1) is 13.0. The number of anilines is 1. The third-order valence-electron chi connectivity index (χ3n) is 2.63. The Morgan fingerprint density at radius 3 is 2.44 bits per heavy atom. The zero-order valence-corrected chi connectivity index (χ0v) is 11.9. The highest BCUT2D eigenvalue weighted by Gasteiger charge is 2.09. The van der Waals surface area contributed by atoms with E-state index in [1.165, 1.54) is 0 Å². The van der Waals surface area contributed by atoms with Gasteiger partial charge in [-0.3, -0.25) is 0 Å². The van der Waals surface area contributed by atoms with Gasteiger partial charge < -0.3 is 10.5 Å². The first-order chi connectivity index (χ1) is 8.72. The first-order valence-corrected chi connectivity index (χ1v) is 6.79. The standard InChI is InChI=1S/C15H16BrNO/c1-2-8-18-15-13(16)9-12(10-14(15)17)11-6-4-3-5-7-11/h3-7,9-10H,2,8,17H2,1H3. The maximum atomic E-state index is 6.05. The van der Waals surface area contributed by atoms with Crippen molar-refractivity contribution >= 4 is 21.6 Å². The van der Waals surface area contributed by atoms with Crippen molar-refractivity contribution < 1.29 is 4.74 Å². The van der Waals surface area contributed by atoms with E-state index in [0.717, 1.165) is 27.8 Å². The largest absolute Gasteiger partial charge is 0.490 e. The molecule has 3 heteroatoms. The Bertz CT molecular complexity index is 502. The zero-order chi connectivity index (χ0) is 13.0. The van der Waals surface area contributed by atoms with Crippen molar-refractivity contribution in [1.82, 2.24) is 0 Å². The molecular weight excluding hydrogens is 290 g/mol. The lowest BCUT2D eigenvalue weighted by Crippen LogP contribution is -2.00. The topological polar surface area (TPSA) is 35.2 Å². The molecule has 2 aromatic rings. The minimum Gasteiger partial charge on any atom is -0.490 e. The van der Waals surface area contributed by atoms with Crippen molar-refractivity contribution in [3.8, 4) is 16.9 Å². The van der Waals surface area contributed by atoms with Crippen molar-refractivity contribution in [2.45, 2.75) is 13.3 Å². The van der Waals surface area contributed by atoms with Crippen LogP contribution in [0, 0.1) is 0 Å². The second-order valence-corrected chi connectivity index (χ2v) is 4.95. The van der Waals surface area contributed by atoms with E-state index in [2.05, 4.69) is 35.0 Å². The van der Waals surface area contributed by atoms with Gasteiger partial charge in [0.05, 0.1) is 16.8 Å². The minimum atomic E-state index is 0.664. The maximum Gasteiger partial charge on any atom is 0.156 e. The Morgan fingerprint density at radius 2 is 1.83 bits per heavy atom. The van der Waals surface area contributed by atoms with Crippen molar-refractivity contribution in [2.24, 2.45) is 0 Å². The van der Waals surface area contributed by atoms with Gasteiger partial charge in [-0.05, 0) is 45.6 Å². The highest BCUT2D eigenvalue weighted by Crippen LogP contribution is 2.36. The predicted molar refractivity (Wildman–Crippen MR) is 79.8 cm³/mol. The van der Waals surface area contributed by atoms with E-state index in [9.17, 15) is 0 Å². The number of rotatable bonds is 4. The average Bonchev–Trinajstić information content (AvgIpc) is 2.39. The molecule has 0 bridgehead atoms. The van der Waals surface area contributed by atoms with Crippen molar-refractivity contribution in [2.75, 3.05) is 12.3 Å². The Balaban J connectivity index is 2.36. The van der Waals surface area contributed by atoms with Gasteiger partial charge in [-0.15, -0.1) is 0 Å². The first-order valence-electron chi connectivity index (χ1n) is 5.99. The van der Waals surface area contributed by atoms with E-state index in [1.54, 1.807) is 0 Å². The molecule has 94 valence electrons. The number of nitrogens with two attached hydrogens (primary N) is 1. The molecule has 2 nitrogen and oxygen atoms in total. The van der Waals surface area contributed by atoms with Crippen molar-refractivity contribution in [1.29, 1.82) is 0 Å². The molecule has 2 rings (SSSR count). The smallest absolute Gasteiger partial charge is 0.156 e. The fraction of sp³-hybridized carbons (Fsp3) is 0.200. The molecule has 0 radical (unpaired) electrons. The molecule has 2 aromatic carbocycles. The molecule has 0 aliphatic rings. The van der Waals surface area contributed by atoms with E-state index < -0.39 is 0 Å². The Kier molecular flexibility index (Phi) is 4.26. The number of hydrogen-bond donors (Lipinski definition) is 1. The van der Waals surface area contributed by atoms with Gasteiger partial charge in [-0.2, -0.15) is 0 Å². The average molecular weight is 306 g/mol. The summed E-state index contributed by atoms with van der Waals surface area (Å²) in [5, 5.41) is 0. The lowest BCUT2D eigenvalue weighted by molar-refractivity contribution is 0.317. The highest BCUT2D eigenvalue weighted by atomic mass is 79.9. The summed E-state index contributed by atoms with van der Waals surface area (Å²) in [5.41, 5.74) is 8.94.